The van der Waals surface area contributed by atoms with E-state index in [9.17, 15) is 14.7 Å². The average molecular weight is 372 g/mol. The van der Waals surface area contributed by atoms with E-state index < -0.39 is 17.7 Å². The number of hydrogen-bond donors (Lipinski definition) is 2. The van der Waals surface area contributed by atoms with Gasteiger partial charge in [0.05, 0.1) is 18.7 Å². The fourth-order valence-corrected chi connectivity index (χ4v) is 3.86. The number of aliphatic hydroxyl groups excluding tert-OH is 1. The van der Waals surface area contributed by atoms with Crippen LogP contribution in [0, 0.1) is 0 Å². The topological polar surface area (TPSA) is 92.9 Å². The molecule has 1 amide bonds. The van der Waals surface area contributed by atoms with Crippen LogP contribution in [-0.2, 0) is 9.59 Å². The predicted molar refractivity (Wildman–Crippen MR) is 100.0 cm³/mol. The Balaban J connectivity index is 2.09. The molecule has 0 spiro atoms. The van der Waals surface area contributed by atoms with Crippen LogP contribution in [0.25, 0.3) is 5.76 Å². The van der Waals surface area contributed by atoms with Crippen LogP contribution >= 0.6 is 11.3 Å². The third-order valence-corrected chi connectivity index (χ3v) is 5.24. The van der Waals surface area contributed by atoms with Crippen LogP contribution in [0.3, 0.4) is 0 Å². The molecular formula is C19H20N2O4S. The van der Waals surface area contributed by atoms with Crippen LogP contribution in [0.4, 0.5) is 0 Å². The molecule has 0 aliphatic carbocycles. The van der Waals surface area contributed by atoms with E-state index in [1.54, 1.807) is 31.4 Å². The Hall–Kier alpha value is -2.64. The normalized spacial score (nSPS) is 19.2. The van der Waals surface area contributed by atoms with Gasteiger partial charge in [-0.05, 0) is 48.7 Å². The van der Waals surface area contributed by atoms with Crippen molar-refractivity contribution in [1.82, 2.24) is 4.90 Å². The van der Waals surface area contributed by atoms with Gasteiger partial charge in [-0.25, -0.2) is 0 Å². The summed E-state index contributed by atoms with van der Waals surface area (Å²) in [4.78, 5) is 27.5. The minimum absolute atomic E-state index is 0.111. The number of nitrogens with two attached hydrogens (primary N) is 1. The summed E-state index contributed by atoms with van der Waals surface area (Å²) in [6, 6.07) is 9.83. The fraction of sp³-hybridized carbons (Fsp3) is 0.263. The molecule has 3 N–H and O–H groups in total. The standard InChI is InChI=1S/C19H20N2O4S/c1-25-13-7-5-12(6-8-13)17(22)15-16(14-4-2-11-26-14)21(10-3-9-20)19(24)18(15)23/h2,4-8,11,16,22H,3,9-10,20H2,1H3. The minimum atomic E-state index is -0.672. The third-order valence-electron chi connectivity index (χ3n) is 4.32. The maximum Gasteiger partial charge on any atom is 0.295 e. The van der Waals surface area contributed by atoms with Crippen LogP contribution in [-0.4, -0.2) is 41.9 Å². The first-order valence-electron chi connectivity index (χ1n) is 8.24. The summed E-state index contributed by atoms with van der Waals surface area (Å²) in [6.45, 7) is 0.779. The second kappa shape index (κ2) is 7.72. The van der Waals surface area contributed by atoms with E-state index in [0.717, 1.165) is 4.88 Å². The average Bonchev–Trinajstić information content (AvgIpc) is 3.27. The van der Waals surface area contributed by atoms with Crippen molar-refractivity contribution in [2.75, 3.05) is 20.2 Å². The molecule has 2 heterocycles. The molecule has 1 atom stereocenters. The molecule has 2 aromatic rings. The van der Waals surface area contributed by atoms with Gasteiger partial charge in [0.2, 0.25) is 0 Å². The first kappa shape index (κ1) is 18.2. The second-order valence-electron chi connectivity index (χ2n) is 5.88. The maximum atomic E-state index is 12.7. The Labute approximate surface area is 155 Å². The highest BCUT2D eigenvalue weighted by molar-refractivity contribution is 7.10. The summed E-state index contributed by atoms with van der Waals surface area (Å²) < 4.78 is 5.12. The number of likely N-dealkylation sites (tertiary alicyclic amines) is 1. The van der Waals surface area contributed by atoms with E-state index in [1.807, 2.05) is 17.5 Å². The van der Waals surface area contributed by atoms with Crippen molar-refractivity contribution >= 4 is 28.8 Å². The van der Waals surface area contributed by atoms with Crippen molar-refractivity contribution in [2.24, 2.45) is 5.73 Å². The number of carbonyl (C=O) groups excluding carboxylic acids is 2. The lowest BCUT2D eigenvalue weighted by Gasteiger charge is -2.23. The Morgan fingerprint density at radius 1 is 1.27 bits per heavy atom. The van der Waals surface area contributed by atoms with E-state index in [1.165, 1.54) is 16.2 Å². The first-order valence-corrected chi connectivity index (χ1v) is 9.12. The molecule has 7 heteroatoms. The number of carbonyl (C=O) groups is 2. The summed E-state index contributed by atoms with van der Waals surface area (Å²) in [5.41, 5.74) is 6.14. The Morgan fingerprint density at radius 2 is 2.00 bits per heavy atom. The largest absolute Gasteiger partial charge is 0.507 e. The molecule has 1 fully saturated rings. The van der Waals surface area contributed by atoms with E-state index in [4.69, 9.17) is 10.5 Å². The van der Waals surface area contributed by atoms with E-state index in [2.05, 4.69) is 0 Å². The Morgan fingerprint density at radius 3 is 2.58 bits per heavy atom. The highest BCUT2D eigenvalue weighted by Gasteiger charge is 2.46. The second-order valence-corrected chi connectivity index (χ2v) is 6.86. The third kappa shape index (κ3) is 3.23. The summed E-state index contributed by atoms with van der Waals surface area (Å²) in [5, 5.41) is 12.7. The van der Waals surface area contributed by atoms with Crippen LogP contribution in [0.1, 0.15) is 22.9 Å². The summed E-state index contributed by atoms with van der Waals surface area (Å²) in [6.07, 6.45) is 0.581. The van der Waals surface area contributed by atoms with Gasteiger partial charge in [-0.2, -0.15) is 0 Å². The highest BCUT2D eigenvalue weighted by Crippen LogP contribution is 2.41. The number of rotatable bonds is 6. The molecule has 6 nitrogen and oxygen atoms in total. The molecule has 1 aliphatic rings. The molecule has 1 saturated heterocycles. The minimum Gasteiger partial charge on any atom is -0.507 e. The quantitative estimate of drug-likeness (QED) is 0.462. The van der Waals surface area contributed by atoms with Gasteiger partial charge in [0, 0.05) is 17.0 Å². The van der Waals surface area contributed by atoms with Crippen molar-refractivity contribution in [3.05, 3.63) is 57.8 Å². The summed E-state index contributed by atoms with van der Waals surface area (Å²) in [5.74, 6) is -0.819. The molecule has 136 valence electrons. The number of nitrogens with zero attached hydrogens (tertiary/aromatic N) is 1. The predicted octanol–water partition coefficient (Wildman–Crippen LogP) is 2.53. The number of aliphatic hydroxyl groups is 1. The summed E-state index contributed by atoms with van der Waals surface area (Å²) in [7, 11) is 1.55. The zero-order valence-electron chi connectivity index (χ0n) is 14.3. The molecule has 0 radical (unpaired) electrons. The van der Waals surface area contributed by atoms with Crippen LogP contribution in [0.5, 0.6) is 5.75 Å². The number of Topliss-reactive ketones (excluding diaryl/α,β-unsaturated/α-hetero) is 1. The van der Waals surface area contributed by atoms with E-state index in [0.29, 0.717) is 30.8 Å². The van der Waals surface area contributed by atoms with Gasteiger partial charge >= 0.3 is 0 Å². The molecule has 1 aliphatic heterocycles. The number of ether oxygens (including phenoxy) is 1. The van der Waals surface area contributed by atoms with Crippen molar-refractivity contribution in [3.8, 4) is 5.75 Å². The Bertz CT molecular complexity index is 828. The lowest BCUT2D eigenvalue weighted by atomic mass is 10.00. The van der Waals surface area contributed by atoms with Crippen molar-refractivity contribution in [2.45, 2.75) is 12.5 Å². The lowest BCUT2D eigenvalue weighted by molar-refractivity contribution is -0.139. The van der Waals surface area contributed by atoms with Crippen molar-refractivity contribution < 1.29 is 19.4 Å². The van der Waals surface area contributed by atoms with Crippen LogP contribution < -0.4 is 10.5 Å². The first-order chi connectivity index (χ1) is 12.6. The van der Waals surface area contributed by atoms with Crippen LogP contribution in [0.15, 0.2) is 47.4 Å². The van der Waals surface area contributed by atoms with Crippen molar-refractivity contribution in [1.29, 1.82) is 0 Å². The fourth-order valence-electron chi connectivity index (χ4n) is 3.02. The van der Waals surface area contributed by atoms with Crippen LogP contribution in [0.2, 0.25) is 0 Å². The van der Waals surface area contributed by atoms with Gasteiger partial charge in [-0.15, -0.1) is 11.3 Å². The summed E-state index contributed by atoms with van der Waals surface area (Å²) >= 11 is 1.44. The van der Waals surface area contributed by atoms with Gasteiger partial charge < -0.3 is 20.5 Å². The number of ketones is 1. The number of benzene rings is 1. The molecule has 0 bridgehead atoms. The SMILES string of the molecule is COc1ccc(C(O)=C2C(=O)C(=O)N(CCCN)C2c2cccs2)cc1. The zero-order valence-corrected chi connectivity index (χ0v) is 15.2. The zero-order chi connectivity index (χ0) is 18.7. The molecule has 3 rings (SSSR count). The number of hydrogen-bond acceptors (Lipinski definition) is 6. The van der Waals surface area contributed by atoms with E-state index in [-0.39, 0.29) is 11.3 Å². The van der Waals surface area contributed by atoms with Crippen molar-refractivity contribution in [3.63, 3.8) is 0 Å². The van der Waals surface area contributed by atoms with Gasteiger partial charge in [-0.1, -0.05) is 6.07 Å². The van der Waals surface area contributed by atoms with Gasteiger partial charge in [0.1, 0.15) is 11.5 Å². The monoisotopic (exact) mass is 372 g/mol. The molecular weight excluding hydrogens is 352 g/mol. The Kier molecular flexibility index (Phi) is 5.39. The molecule has 1 aromatic carbocycles. The van der Waals surface area contributed by atoms with Gasteiger partial charge in [0.25, 0.3) is 11.7 Å². The molecule has 1 unspecified atom stereocenters. The van der Waals surface area contributed by atoms with Gasteiger partial charge in [-0.3, -0.25) is 9.59 Å². The van der Waals surface area contributed by atoms with Gasteiger partial charge in [0.15, 0.2) is 0 Å². The van der Waals surface area contributed by atoms with E-state index >= 15 is 0 Å². The lowest BCUT2D eigenvalue weighted by Crippen LogP contribution is -2.31. The highest BCUT2D eigenvalue weighted by atomic mass is 32.1. The number of thiophene rings is 1. The molecule has 0 saturated carbocycles. The number of amides is 1. The maximum absolute atomic E-state index is 12.7. The molecule has 1 aromatic heterocycles. The number of methoxy groups -OCH3 is 1. The smallest absolute Gasteiger partial charge is 0.295 e. The molecule has 26 heavy (non-hydrogen) atoms.